The van der Waals surface area contributed by atoms with Gasteiger partial charge in [0, 0.05) is 11.3 Å². The molecule has 2 aromatic carbocycles. The van der Waals surface area contributed by atoms with Gasteiger partial charge in [-0.25, -0.2) is 14.5 Å². The van der Waals surface area contributed by atoms with Crippen molar-refractivity contribution in [3.05, 3.63) is 86.8 Å². The van der Waals surface area contributed by atoms with E-state index >= 15 is 0 Å². The zero-order chi connectivity index (χ0) is 21.4. The Bertz CT molecular complexity index is 1410. The molecule has 0 atom stereocenters. The summed E-state index contributed by atoms with van der Waals surface area (Å²) in [5, 5.41) is 1.04. The molecule has 0 unspecified atom stereocenters. The van der Waals surface area contributed by atoms with Crippen LogP contribution in [0, 0.1) is 0 Å². The maximum Gasteiger partial charge on any atom is 0.349 e. The van der Waals surface area contributed by atoms with Crippen LogP contribution >= 0.6 is 0 Å². The van der Waals surface area contributed by atoms with E-state index in [0.717, 1.165) is 32.1 Å². The topological polar surface area (TPSA) is 94.2 Å². The molecule has 1 saturated carbocycles. The van der Waals surface area contributed by atoms with Crippen LogP contribution in [0.25, 0.3) is 21.9 Å². The third-order valence-electron chi connectivity index (χ3n) is 5.87. The van der Waals surface area contributed by atoms with E-state index in [1.807, 2.05) is 6.07 Å². The first-order valence-electron chi connectivity index (χ1n) is 10.5. The van der Waals surface area contributed by atoms with Crippen LogP contribution in [0.15, 0.2) is 68.6 Å². The van der Waals surface area contributed by atoms with Crippen LogP contribution in [0.3, 0.4) is 0 Å². The molecule has 7 heteroatoms. The SMILES string of the molecule is O=C(Nn1c(C2CCCCC2)nc2ccccc2c1=O)c1cc2ccccc2oc1=O. The van der Waals surface area contributed by atoms with Crippen LogP contribution in [-0.4, -0.2) is 15.6 Å². The van der Waals surface area contributed by atoms with E-state index < -0.39 is 11.5 Å². The van der Waals surface area contributed by atoms with Gasteiger partial charge in [-0.15, -0.1) is 0 Å². The monoisotopic (exact) mass is 415 g/mol. The van der Waals surface area contributed by atoms with Crippen LogP contribution in [0.5, 0.6) is 0 Å². The fourth-order valence-corrected chi connectivity index (χ4v) is 4.27. The number of aromatic nitrogens is 2. The summed E-state index contributed by atoms with van der Waals surface area (Å²) in [6, 6.07) is 15.5. The third-order valence-corrected chi connectivity index (χ3v) is 5.87. The molecule has 0 bridgehead atoms. The predicted molar refractivity (Wildman–Crippen MR) is 118 cm³/mol. The molecular weight excluding hydrogens is 394 g/mol. The number of hydrogen-bond acceptors (Lipinski definition) is 5. The number of carbonyl (C=O) groups is 1. The Morgan fingerprint density at radius 1 is 1.00 bits per heavy atom. The normalized spacial score (nSPS) is 14.7. The average Bonchev–Trinajstić information content (AvgIpc) is 2.81. The molecule has 1 fully saturated rings. The minimum Gasteiger partial charge on any atom is -0.422 e. The first kappa shape index (κ1) is 19.2. The van der Waals surface area contributed by atoms with Crippen LogP contribution in [0.4, 0.5) is 0 Å². The van der Waals surface area contributed by atoms with E-state index in [9.17, 15) is 14.4 Å². The zero-order valence-corrected chi connectivity index (χ0v) is 16.8. The Balaban J connectivity index is 1.61. The lowest BCUT2D eigenvalue weighted by atomic mass is 9.88. The maximum absolute atomic E-state index is 13.3. The Kier molecular flexibility index (Phi) is 4.86. The molecule has 2 aromatic heterocycles. The molecule has 1 aliphatic rings. The molecule has 4 aromatic rings. The van der Waals surface area contributed by atoms with E-state index in [-0.39, 0.29) is 17.0 Å². The van der Waals surface area contributed by atoms with Gasteiger partial charge < -0.3 is 4.42 Å². The van der Waals surface area contributed by atoms with Crippen molar-refractivity contribution in [3.8, 4) is 0 Å². The second kappa shape index (κ2) is 7.83. The number of nitrogens with zero attached hydrogens (tertiary/aromatic N) is 2. The van der Waals surface area contributed by atoms with Crippen LogP contribution < -0.4 is 16.6 Å². The Hall–Kier alpha value is -3.74. The van der Waals surface area contributed by atoms with Gasteiger partial charge in [-0.1, -0.05) is 49.6 Å². The fraction of sp³-hybridized carbons (Fsp3) is 0.250. The second-order valence-electron chi connectivity index (χ2n) is 7.89. The lowest BCUT2D eigenvalue weighted by Gasteiger charge is -2.24. The number of fused-ring (bicyclic) bond motifs is 2. The molecule has 0 aliphatic heterocycles. The van der Waals surface area contributed by atoms with E-state index in [4.69, 9.17) is 9.40 Å². The molecule has 1 aliphatic carbocycles. The standard InChI is InChI=1S/C24H21N3O4/c28-22(18-14-16-10-4-7-13-20(16)31-24(18)30)26-27-21(15-8-2-1-3-9-15)25-19-12-6-5-11-17(19)23(27)29/h4-7,10-15H,1-3,8-9H2,(H,26,28). The van der Waals surface area contributed by atoms with E-state index in [1.54, 1.807) is 42.5 Å². The van der Waals surface area contributed by atoms with Gasteiger partial charge in [0.25, 0.3) is 11.5 Å². The lowest BCUT2D eigenvalue weighted by Crippen LogP contribution is -2.38. The predicted octanol–water partition coefficient (Wildman–Crippen LogP) is 3.93. The van der Waals surface area contributed by atoms with Gasteiger partial charge in [0.2, 0.25) is 0 Å². The summed E-state index contributed by atoms with van der Waals surface area (Å²) in [6.07, 6.45) is 5.06. The highest BCUT2D eigenvalue weighted by Gasteiger charge is 2.24. The molecule has 0 saturated heterocycles. The van der Waals surface area contributed by atoms with Crippen molar-refractivity contribution < 1.29 is 9.21 Å². The average molecular weight is 415 g/mol. The highest BCUT2D eigenvalue weighted by Crippen LogP contribution is 2.31. The molecule has 31 heavy (non-hydrogen) atoms. The van der Waals surface area contributed by atoms with Crippen molar-refractivity contribution in [1.82, 2.24) is 9.66 Å². The molecule has 1 amide bonds. The first-order valence-corrected chi connectivity index (χ1v) is 10.5. The molecule has 0 spiro atoms. The minimum atomic E-state index is -0.753. The number of rotatable bonds is 3. The molecule has 7 nitrogen and oxygen atoms in total. The maximum atomic E-state index is 13.3. The molecule has 2 heterocycles. The fourth-order valence-electron chi connectivity index (χ4n) is 4.27. The van der Waals surface area contributed by atoms with Crippen molar-refractivity contribution >= 4 is 27.8 Å². The number of amides is 1. The van der Waals surface area contributed by atoms with Gasteiger partial charge in [-0.05, 0) is 37.1 Å². The molecular formula is C24H21N3O4. The van der Waals surface area contributed by atoms with Crippen LogP contribution in [-0.2, 0) is 0 Å². The van der Waals surface area contributed by atoms with Crippen LogP contribution in [0.1, 0.15) is 54.2 Å². The molecule has 156 valence electrons. The van der Waals surface area contributed by atoms with Crippen molar-refractivity contribution in [3.63, 3.8) is 0 Å². The largest absolute Gasteiger partial charge is 0.422 e. The lowest BCUT2D eigenvalue weighted by molar-refractivity contribution is 0.100. The molecule has 0 radical (unpaired) electrons. The summed E-state index contributed by atoms with van der Waals surface area (Å²) in [6.45, 7) is 0. The van der Waals surface area contributed by atoms with Crippen molar-refractivity contribution in [1.29, 1.82) is 0 Å². The van der Waals surface area contributed by atoms with Crippen molar-refractivity contribution in [2.45, 2.75) is 38.0 Å². The van der Waals surface area contributed by atoms with Crippen molar-refractivity contribution in [2.75, 3.05) is 5.43 Å². The third kappa shape index (κ3) is 3.52. The summed E-state index contributed by atoms with van der Waals surface area (Å²) in [5.41, 5.74) is 2.36. The van der Waals surface area contributed by atoms with Gasteiger partial charge in [0.05, 0.1) is 10.9 Å². The van der Waals surface area contributed by atoms with Crippen LogP contribution in [0.2, 0.25) is 0 Å². The Morgan fingerprint density at radius 3 is 2.58 bits per heavy atom. The highest BCUT2D eigenvalue weighted by atomic mass is 16.4. The number of benzene rings is 2. The smallest absolute Gasteiger partial charge is 0.349 e. The summed E-state index contributed by atoms with van der Waals surface area (Å²) in [4.78, 5) is 43.4. The molecule has 5 rings (SSSR count). The number of carbonyl (C=O) groups excluding carboxylic acids is 1. The van der Waals surface area contributed by atoms with Gasteiger partial charge in [-0.2, -0.15) is 0 Å². The number of para-hydroxylation sites is 2. The number of nitrogens with one attached hydrogen (secondary N) is 1. The first-order chi connectivity index (χ1) is 15.1. The summed E-state index contributed by atoms with van der Waals surface area (Å²) >= 11 is 0. The van der Waals surface area contributed by atoms with Gasteiger partial charge in [0.1, 0.15) is 17.0 Å². The van der Waals surface area contributed by atoms with E-state index in [1.165, 1.54) is 10.7 Å². The van der Waals surface area contributed by atoms with Gasteiger partial charge in [0.15, 0.2) is 0 Å². The Morgan fingerprint density at radius 2 is 1.74 bits per heavy atom. The second-order valence-corrected chi connectivity index (χ2v) is 7.89. The number of hydrogen-bond donors (Lipinski definition) is 1. The van der Waals surface area contributed by atoms with Crippen molar-refractivity contribution in [2.24, 2.45) is 0 Å². The summed E-state index contributed by atoms with van der Waals surface area (Å²) < 4.78 is 6.50. The Labute approximate surface area is 177 Å². The zero-order valence-electron chi connectivity index (χ0n) is 16.8. The van der Waals surface area contributed by atoms with Gasteiger partial charge >= 0.3 is 5.63 Å². The van der Waals surface area contributed by atoms with E-state index in [0.29, 0.717) is 27.7 Å². The minimum absolute atomic E-state index is 0.0689. The molecule has 1 N–H and O–H groups in total. The highest BCUT2D eigenvalue weighted by molar-refractivity contribution is 6.01. The van der Waals surface area contributed by atoms with E-state index in [2.05, 4.69) is 5.43 Å². The summed E-state index contributed by atoms with van der Waals surface area (Å²) in [5.74, 6) is -0.1000. The quantitative estimate of drug-likeness (QED) is 0.512. The van der Waals surface area contributed by atoms with Gasteiger partial charge in [-0.3, -0.25) is 15.0 Å². The summed E-state index contributed by atoms with van der Waals surface area (Å²) in [7, 11) is 0.